The third kappa shape index (κ3) is 105. The maximum absolute atomic E-state index is 10.6. The van der Waals surface area contributed by atoms with Gasteiger partial charge in [-0.25, -0.2) is 0 Å². The van der Waals surface area contributed by atoms with E-state index < -0.39 is 177 Å². The zero-order valence-electron chi connectivity index (χ0n) is 85.0. The van der Waals surface area contributed by atoms with E-state index in [1.54, 1.807) is 65.5 Å². The molecule has 0 fully saturated rings. The Kier molecular flexibility index (Phi) is 60.5. The van der Waals surface area contributed by atoms with Crippen LogP contribution in [0.4, 0.5) is 0 Å². The molecule has 0 radical (unpaired) electrons. The van der Waals surface area contributed by atoms with E-state index in [1.165, 1.54) is 10.8 Å². The van der Waals surface area contributed by atoms with Crippen LogP contribution in [-0.4, -0.2) is 254 Å². The van der Waals surface area contributed by atoms with Gasteiger partial charge in [0, 0.05) is 6.55 Å². The van der Waals surface area contributed by atoms with E-state index in [9.17, 15) is 38.4 Å². The number of hydrogen-bond donors (Lipinski definition) is 16. The smallest absolute Gasteiger partial charge is 0.437 e. The van der Waals surface area contributed by atoms with Crippen LogP contribution in [-0.2, 0) is 34.9 Å². The highest BCUT2D eigenvalue weighted by molar-refractivity contribution is 6.95. The first-order valence-corrected chi connectivity index (χ1v) is 105. The summed E-state index contributed by atoms with van der Waals surface area (Å²) < 4.78 is 40.0. The lowest BCUT2D eigenvalue weighted by atomic mass is 10.2. The van der Waals surface area contributed by atoms with Crippen LogP contribution >= 0.6 is 0 Å². The molecular formula is C78H182O23Si21. The van der Waals surface area contributed by atoms with E-state index in [1.807, 2.05) is 247 Å². The molecule has 0 saturated carbocycles. The molecule has 23 nitrogen and oxygen atoms in total. The summed E-state index contributed by atoms with van der Waals surface area (Å²) >= 11 is 0. The molecular weight excluding hydrogens is 1890 g/mol. The molecule has 0 heterocycles. The van der Waals surface area contributed by atoms with Crippen molar-refractivity contribution in [3.63, 3.8) is 0 Å². The maximum Gasteiger partial charge on any atom is 0.489 e. The molecule has 0 spiro atoms. The molecule has 0 amide bonds. The SMILES string of the molecule is C[Si](C)(C)O.C[Si](C)(C)O.C[Si](C)(C)O.C[Si](C)(C)O[Si](C)(C)O.C[Si](C)(C)O[Si](C)(C)O[Si](C)(C)O.C[Si](C)(C)O[Si](C)(C)O[Si](C)(C)O[Si](C)(C)O.C[Si](C)(C)c1ccc([Si](C)(C)O)cc1.C[Si](C)(O)Cc1ccccc1.C[Si](C)(O)O[Si](C)(C)O.C[Si](C)(O)c1ccc([Si](C)(C)O)cc1.C[Si](O)(O)O.C[Si](O)(c1ccccc1)c1ccccc1. The minimum atomic E-state index is -3.61. The van der Waals surface area contributed by atoms with Crippen LogP contribution in [0.3, 0.4) is 0 Å². The lowest BCUT2D eigenvalue weighted by Gasteiger charge is -2.38. The second kappa shape index (κ2) is 54.8. The molecule has 44 heteroatoms. The fraction of sp³-hybridized carbons (Fsp3) is 0.615. The fourth-order valence-corrected chi connectivity index (χ4v) is 56.2. The summed E-state index contributed by atoms with van der Waals surface area (Å²) in [5.74, 6) is 0. The van der Waals surface area contributed by atoms with Crippen molar-refractivity contribution in [2.45, 2.75) is 314 Å². The summed E-state index contributed by atoms with van der Waals surface area (Å²) in [6, 6.07) is 47.1. The third-order valence-corrected chi connectivity index (χ3v) is 53.2. The topological polar surface area (TPSA) is 388 Å². The summed E-state index contributed by atoms with van der Waals surface area (Å²) in [4.78, 5) is 146. The van der Waals surface area contributed by atoms with Gasteiger partial charge in [0.15, 0.2) is 58.2 Å². The predicted molar refractivity (Wildman–Crippen MR) is 573 cm³/mol. The Morgan fingerprint density at radius 1 is 0.197 bits per heavy atom. The van der Waals surface area contributed by atoms with Crippen molar-refractivity contribution in [2.75, 3.05) is 0 Å². The van der Waals surface area contributed by atoms with Crippen molar-refractivity contribution in [3.8, 4) is 0 Å². The van der Waals surface area contributed by atoms with Crippen LogP contribution in [0.5, 0.6) is 0 Å². The van der Waals surface area contributed by atoms with E-state index in [2.05, 4.69) is 128 Å². The first kappa shape index (κ1) is 135. The summed E-state index contributed by atoms with van der Waals surface area (Å²) in [5, 5.41) is 6.71. The van der Waals surface area contributed by atoms with Gasteiger partial charge in [0.25, 0.3) is 0 Å². The molecule has 716 valence electrons. The Labute approximate surface area is 765 Å². The summed E-state index contributed by atoms with van der Waals surface area (Å²) in [7, 11) is -43.8. The summed E-state index contributed by atoms with van der Waals surface area (Å²) in [5.41, 5.74) is 1.24. The van der Waals surface area contributed by atoms with Crippen molar-refractivity contribution in [3.05, 3.63) is 145 Å². The standard InChI is InChI=1S/C13H14OSi.C11H20OSi2.C10H18O2Si2.C9H28O4Si4.C9H14OSi.C7H22O3Si3.C5H16O2Si2.C4H14O3Si2.3C3H10OSi.CH6O3Si/c1-15(14,12-8-4-2-5-9-12)13-10-6-3-7-11-13;1-13(2,3)10-6-8-11(9-7-10)14(4,5)12;1-13(2,11)9-5-7-10(8-6-9)14(3,4)12;1-14(2,3)11-16(6,7)13-17(8,9)12-15(4,5)10;1-11(2,10)8-9-6-4-3-5-7-9;1-11(2,3)9-13(6,7)10-12(4,5)8;1-8(2,3)7-9(4,5)6;1-8(2,5)7-9(3,4)6;4*1-5(2,3)4/h2-11,14H,1H3;6-9,12H,1-5H3;5-8,11-12H,1-4H3;10H,1-9H3;3-7,10H,8H2,1-2H3;8H,1-7H3;6H,1-5H3;5-6H,1-4H3;3*4H,1-3H3;2-4H,1H3. The van der Waals surface area contributed by atoms with Crippen LogP contribution in [0, 0.1) is 0 Å². The second-order valence-corrected chi connectivity index (χ2v) is 123. The number of rotatable bonds is 22. The Morgan fingerprint density at radius 2 is 0.377 bits per heavy atom. The molecule has 0 atom stereocenters. The van der Waals surface area contributed by atoms with Gasteiger partial charge < -0.3 is 106 Å². The van der Waals surface area contributed by atoms with E-state index in [0.29, 0.717) is 0 Å². The molecule has 0 aromatic heterocycles. The largest absolute Gasteiger partial charge is 0.489 e. The Morgan fingerprint density at radius 3 is 0.533 bits per heavy atom. The molecule has 5 aromatic carbocycles. The first-order valence-electron chi connectivity index (χ1n) is 41.5. The molecule has 0 aliphatic rings. The van der Waals surface area contributed by atoms with Gasteiger partial charge in [-0.15, -0.1) is 0 Å². The van der Waals surface area contributed by atoms with Crippen molar-refractivity contribution in [1.29, 1.82) is 0 Å². The molecule has 0 aliphatic carbocycles. The summed E-state index contributed by atoms with van der Waals surface area (Å²) in [6.45, 7) is 90.7. The van der Waals surface area contributed by atoms with E-state index in [-0.39, 0.29) is 0 Å². The average Bonchev–Trinajstić information content (AvgIpc) is 0.815. The van der Waals surface area contributed by atoms with Crippen LogP contribution in [0.2, 0.25) is 308 Å². The zero-order chi connectivity index (χ0) is 99.5. The van der Waals surface area contributed by atoms with Gasteiger partial charge in [0.2, 0.25) is 33.3 Å². The van der Waals surface area contributed by atoms with Crippen molar-refractivity contribution in [1.82, 2.24) is 0 Å². The van der Waals surface area contributed by atoms with Crippen molar-refractivity contribution < 1.29 is 106 Å². The van der Waals surface area contributed by atoms with E-state index >= 15 is 0 Å². The average molecular weight is 2080 g/mol. The molecule has 122 heavy (non-hydrogen) atoms. The Balaban J connectivity index is -0.000000241. The predicted octanol–water partition coefficient (Wildman–Crippen LogP) is 13.6. The van der Waals surface area contributed by atoms with Crippen LogP contribution in [0.25, 0.3) is 0 Å². The fourth-order valence-electron chi connectivity index (χ4n) is 10.1. The molecule has 0 bridgehead atoms. The first-order chi connectivity index (χ1) is 52.7. The van der Waals surface area contributed by atoms with E-state index in [4.69, 9.17) is 67.2 Å². The van der Waals surface area contributed by atoms with Gasteiger partial charge in [0.05, 0.1) is 8.07 Å². The zero-order valence-corrected chi connectivity index (χ0v) is 106. The number of benzene rings is 5. The second-order valence-electron chi connectivity index (χ2n) is 43.3. The summed E-state index contributed by atoms with van der Waals surface area (Å²) in [6.07, 6.45) is 0. The van der Waals surface area contributed by atoms with Crippen LogP contribution in [0.1, 0.15) is 5.56 Å². The van der Waals surface area contributed by atoms with Gasteiger partial charge in [-0.3, -0.25) is 0 Å². The van der Waals surface area contributed by atoms with Gasteiger partial charge in [-0.1, -0.05) is 164 Å². The van der Waals surface area contributed by atoms with E-state index in [0.717, 1.165) is 38.5 Å². The highest BCUT2D eigenvalue weighted by Gasteiger charge is 2.43. The minimum absolute atomic E-state index is 0.855. The van der Waals surface area contributed by atoms with Crippen LogP contribution < -0.4 is 31.1 Å². The highest BCUT2D eigenvalue weighted by atomic mass is 28.5. The molecule has 0 aliphatic heterocycles. The minimum Gasteiger partial charge on any atom is -0.437 e. The lowest BCUT2D eigenvalue weighted by Crippen LogP contribution is -2.56. The number of hydrogen-bond acceptors (Lipinski definition) is 23. The molecule has 5 rings (SSSR count). The van der Waals surface area contributed by atoms with Crippen molar-refractivity contribution in [2.24, 2.45) is 0 Å². The van der Waals surface area contributed by atoms with Crippen molar-refractivity contribution >= 4 is 208 Å². The molecule has 0 saturated heterocycles. The van der Waals surface area contributed by atoms with Gasteiger partial charge in [0.1, 0.15) is 0 Å². The Hall–Kier alpha value is -0.265. The van der Waals surface area contributed by atoms with Gasteiger partial charge in [-0.2, -0.15) is 0 Å². The molecule has 5 aromatic rings. The monoisotopic (exact) mass is 2070 g/mol. The Bertz CT molecular complexity index is 3170. The molecule has 16 N–H and O–H groups in total. The maximum atomic E-state index is 10.6. The normalized spacial score (nSPS) is 13.1. The lowest BCUT2D eigenvalue weighted by molar-refractivity contribution is 0.239. The molecule has 0 unspecified atom stereocenters. The third-order valence-electron chi connectivity index (χ3n) is 12.5. The van der Waals surface area contributed by atoms with Gasteiger partial charge in [-0.05, 0) is 319 Å². The quantitative estimate of drug-likeness (QED) is 0.0286. The van der Waals surface area contributed by atoms with Gasteiger partial charge >= 0.3 is 77.3 Å². The van der Waals surface area contributed by atoms with Crippen LogP contribution in [0.15, 0.2) is 140 Å². The highest BCUT2D eigenvalue weighted by Crippen LogP contribution is 2.24.